The summed E-state index contributed by atoms with van der Waals surface area (Å²) in [7, 11) is 1.64. The van der Waals surface area contributed by atoms with Gasteiger partial charge in [-0.3, -0.25) is 0 Å². The lowest BCUT2D eigenvalue weighted by Gasteiger charge is -2.39. The summed E-state index contributed by atoms with van der Waals surface area (Å²) in [5, 5.41) is 12.8. The summed E-state index contributed by atoms with van der Waals surface area (Å²) in [6.45, 7) is 4.57. The quantitative estimate of drug-likeness (QED) is 0.917. The minimum Gasteiger partial charge on any atom is -0.495 e. The first-order valence-electron chi connectivity index (χ1n) is 6.50. The highest BCUT2D eigenvalue weighted by Crippen LogP contribution is 2.38. The van der Waals surface area contributed by atoms with Crippen LogP contribution in [0.4, 0.5) is 5.69 Å². The van der Waals surface area contributed by atoms with Crippen molar-refractivity contribution >= 4 is 17.4 Å². The lowest BCUT2D eigenvalue weighted by molar-refractivity contribution is 0.304. The third-order valence-electron chi connectivity index (χ3n) is 3.80. The molecule has 1 aliphatic heterocycles. The van der Waals surface area contributed by atoms with Crippen molar-refractivity contribution in [1.29, 1.82) is 5.26 Å². The monoisotopic (exact) mass is 276 g/mol. The molecule has 1 saturated heterocycles. The lowest BCUT2D eigenvalue weighted by Crippen LogP contribution is -2.41. The van der Waals surface area contributed by atoms with E-state index in [2.05, 4.69) is 25.2 Å². The number of hydrogen-bond donors (Lipinski definition) is 1. The smallest absolute Gasteiger partial charge is 0.143 e. The first-order chi connectivity index (χ1) is 9.08. The van der Waals surface area contributed by atoms with Gasteiger partial charge in [-0.15, -0.1) is 0 Å². The molecule has 0 radical (unpaired) electrons. The van der Waals surface area contributed by atoms with Crippen molar-refractivity contribution in [2.24, 2.45) is 5.41 Å². The maximum Gasteiger partial charge on any atom is 0.143 e. The number of nitrogens with zero attached hydrogens (tertiary/aromatic N) is 1. The van der Waals surface area contributed by atoms with Crippen LogP contribution in [0.2, 0.25) is 0 Å². The molecule has 3 nitrogen and oxygen atoms in total. The topological polar surface area (TPSA) is 45.0 Å². The van der Waals surface area contributed by atoms with Gasteiger partial charge in [0.2, 0.25) is 0 Å². The molecule has 0 aliphatic carbocycles. The van der Waals surface area contributed by atoms with Gasteiger partial charge in [0.05, 0.1) is 18.4 Å². The Morgan fingerprint density at radius 3 is 2.89 bits per heavy atom. The molecule has 4 heteroatoms. The Morgan fingerprint density at radius 2 is 2.26 bits per heavy atom. The van der Waals surface area contributed by atoms with Gasteiger partial charge in [0, 0.05) is 11.8 Å². The summed E-state index contributed by atoms with van der Waals surface area (Å²) < 4.78 is 5.38. The molecule has 1 unspecified atom stereocenters. The van der Waals surface area contributed by atoms with Crippen molar-refractivity contribution < 1.29 is 4.74 Å². The van der Waals surface area contributed by atoms with E-state index in [9.17, 15) is 5.26 Å². The van der Waals surface area contributed by atoms with E-state index in [0.717, 1.165) is 17.2 Å². The number of nitriles is 1. The molecule has 0 amide bonds. The van der Waals surface area contributed by atoms with Crippen LogP contribution in [-0.2, 0) is 0 Å². The van der Waals surface area contributed by atoms with Crippen molar-refractivity contribution in [1.82, 2.24) is 0 Å². The summed E-state index contributed by atoms with van der Waals surface area (Å²) in [5.74, 6) is 3.02. The van der Waals surface area contributed by atoms with E-state index in [1.807, 2.05) is 30.0 Å². The number of anilines is 1. The van der Waals surface area contributed by atoms with Crippen LogP contribution < -0.4 is 10.1 Å². The van der Waals surface area contributed by atoms with E-state index < -0.39 is 0 Å². The van der Waals surface area contributed by atoms with Crippen LogP contribution in [-0.4, -0.2) is 24.7 Å². The lowest BCUT2D eigenvalue weighted by atomic mass is 9.82. The second-order valence-electron chi connectivity index (χ2n) is 5.51. The zero-order valence-corrected chi connectivity index (χ0v) is 12.5. The number of ether oxygens (including phenoxy) is 1. The zero-order chi connectivity index (χ0) is 13.9. The number of benzene rings is 1. The molecule has 0 spiro atoms. The van der Waals surface area contributed by atoms with E-state index >= 15 is 0 Å². The fourth-order valence-electron chi connectivity index (χ4n) is 2.29. The number of hydrogen-bond acceptors (Lipinski definition) is 4. The van der Waals surface area contributed by atoms with Crippen LogP contribution in [0.1, 0.15) is 25.8 Å². The Morgan fingerprint density at radius 1 is 1.47 bits per heavy atom. The summed E-state index contributed by atoms with van der Waals surface area (Å²) in [6, 6.07) is 8.17. The molecular formula is C15H20N2OS. The van der Waals surface area contributed by atoms with Crippen molar-refractivity contribution in [2.45, 2.75) is 26.3 Å². The maximum absolute atomic E-state index is 9.25. The van der Waals surface area contributed by atoms with E-state index in [-0.39, 0.29) is 5.41 Å². The maximum atomic E-state index is 9.25. The Labute approximate surface area is 119 Å². The second-order valence-corrected chi connectivity index (χ2v) is 6.65. The molecule has 1 aromatic carbocycles. The van der Waals surface area contributed by atoms with Crippen LogP contribution in [0.15, 0.2) is 18.2 Å². The molecule has 102 valence electrons. The van der Waals surface area contributed by atoms with Gasteiger partial charge in [-0.1, -0.05) is 19.9 Å². The van der Waals surface area contributed by atoms with Crippen LogP contribution >= 0.6 is 11.8 Å². The van der Waals surface area contributed by atoms with Crippen LogP contribution in [0.25, 0.3) is 0 Å². The van der Waals surface area contributed by atoms with Crippen molar-refractivity contribution in [2.75, 3.05) is 23.9 Å². The van der Waals surface area contributed by atoms with Gasteiger partial charge in [-0.25, -0.2) is 0 Å². The van der Waals surface area contributed by atoms with E-state index in [0.29, 0.717) is 11.6 Å². The molecule has 2 rings (SSSR count). The third kappa shape index (κ3) is 2.98. The van der Waals surface area contributed by atoms with Crippen molar-refractivity contribution in [3.05, 3.63) is 23.8 Å². The first kappa shape index (κ1) is 14.1. The van der Waals surface area contributed by atoms with Crippen LogP contribution in [0.3, 0.4) is 0 Å². The number of methoxy groups -OCH3 is 1. The van der Waals surface area contributed by atoms with Gasteiger partial charge in [0.1, 0.15) is 11.8 Å². The van der Waals surface area contributed by atoms with Gasteiger partial charge in [-0.05, 0) is 29.7 Å². The highest BCUT2D eigenvalue weighted by Gasteiger charge is 2.33. The van der Waals surface area contributed by atoms with E-state index in [1.54, 1.807) is 7.11 Å². The normalized spacial score (nSPS) is 21.5. The largest absolute Gasteiger partial charge is 0.495 e. The van der Waals surface area contributed by atoms with E-state index in [1.165, 1.54) is 12.2 Å². The highest BCUT2D eigenvalue weighted by molar-refractivity contribution is 7.99. The fourth-order valence-corrected chi connectivity index (χ4v) is 3.90. The molecule has 0 saturated carbocycles. The van der Waals surface area contributed by atoms with Gasteiger partial charge in [0.25, 0.3) is 0 Å². The molecule has 0 bridgehead atoms. The van der Waals surface area contributed by atoms with Crippen LogP contribution in [0, 0.1) is 16.7 Å². The third-order valence-corrected chi connectivity index (χ3v) is 4.87. The number of para-hydroxylation sites is 1. The first-order valence-corrected chi connectivity index (χ1v) is 7.65. The molecule has 1 atom stereocenters. The number of rotatable bonds is 3. The summed E-state index contributed by atoms with van der Waals surface area (Å²) >= 11 is 1.97. The molecule has 1 aromatic rings. The van der Waals surface area contributed by atoms with Crippen molar-refractivity contribution in [3.63, 3.8) is 0 Å². The van der Waals surface area contributed by atoms with Gasteiger partial charge >= 0.3 is 0 Å². The Hall–Kier alpha value is -1.34. The summed E-state index contributed by atoms with van der Waals surface area (Å²) in [5.41, 5.74) is 1.71. The standard InChI is InChI=1S/C15H20N2OS/c1-15(2)7-8-19-10-13(15)17-14-11(9-16)5-4-6-12(14)18-3/h4-6,13,17H,7-8,10H2,1-3H3. The molecule has 1 heterocycles. The average Bonchev–Trinajstić information content (AvgIpc) is 2.41. The highest BCUT2D eigenvalue weighted by atomic mass is 32.2. The van der Waals surface area contributed by atoms with Gasteiger partial charge < -0.3 is 10.1 Å². The molecule has 1 fully saturated rings. The molecule has 19 heavy (non-hydrogen) atoms. The molecular weight excluding hydrogens is 256 g/mol. The summed E-state index contributed by atoms with van der Waals surface area (Å²) in [6.07, 6.45) is 1.19. The molecule has 0 aromatic heterocycles. The average molecular weight is 276 g/mol. The predicted octanol–water partition coefficient (Wildman–Crippen LogP) is 3.51. The Kier molecular flexibility index (Phi) is 4.26. The zero-order valence-electron chi connectivity index (χ0n) is 11.7. The molecule has 1 aliphatic rings. The Bertz CT molecular complexity index is 493. The second kappa shape index (κ2) is 5.75. The Balaban J connectivity index is 2.30. The number of thioether (sulfide) groups is 1. The SMILES string of the molecule is COc1cccc(C#N)c1NC1CSCCC1(C)C. The van der Waals surface area contributed by atoms with Gasteiger partial charge in [0.15, 0.2) is 0 Å². The van der Waals surface area contributed by atoms with Crippen molar-refractivity contribution in [3.8, 4) is 11.8 Å². The van der Waals surface area contributed by atoms with E-state index in [4.69, 9.17) is 4.74 Å². The minimum atomic E-state index is 0.235. The number of nitrogens with one attached hydrogen (secondary N) is 1. The fraction of sp³-hybridized carbons (Fsp3) is 0.533. The van der Waals surface area contributed by atoms with Gasteiger partial charge in [-0.2, -0.15) is 17.0 Å². The molecule has 1 N–H and O–H groups in total. The van der Waals surface area contributed by atoms with Crippen LogP contribution in [0.5, 0.6) is 5.75 Å². The predicted molar refractivity (Wildman–Crippen MR) is 80.8 cm³/mol. The summed E-state index contributed by atoms with van der Waals surface area (Å²) in [4.78, 5) is 0. The minimum absolute atomic E-state index is 0.235.